The van der Waals surface area contributed by atoms with Crippen LogP contribution in [0, 0.1) is 12.7 Å². The molecule has 0 spiro atoms. The molecule has 3 aromatic rings. The molecule has 1 heterocycles. The Morgan fingerprint density at radius 2 is 1.75 bits per heavy atom. The maximum absolute atomic E-state index is 13.6. The van der Waals surface area contributed by atoms with E-state index < -0.39 is 22.6 Å². The van der Waals surface area contributed by atoms with Crippen LogP contribution >= 0.6 is 0 Å². The minimum absolute atomic E-state index is 0.119. The van der Waals surface area contributed by atoms with Gasteiger partial charge in [-0.05, 0) is 36.8 Å². The Morgan fingerprint density at radius 3 is 2.46 bits per heavy atom. The molecule has 1 aromatic heterocycles. The van der Waals surface area contributed by atoms with Crippen molar-refractivity contribution in [3.05, 3.63) is 78.2 Å². The zero-order valence-electron chi connectivity index (χ0n) is 15.3. The summed E-state index contributed by atoms with van der Waals surface area (Å²) in [6.07, 6.45) is 0. The summed E-state index contributed by atoms with van der Waals surface area (Å²) in [6, 6.07) is 19.0. The molecule has 144 valence electrons. The highest BCUT2D eigenvalue weighted by atomic mass is 32.2. The van der Waals surface area contributed by atoms with E-state index >= 15 is 0 Å². The number of urea groups is 1. The minimum Gasteiger partial charge on any atom is -0.337 e. The predicted molar refractivity (Wildman–Crippen MR) is 109 cm³/mol. The van der Waals surface area contributed by atoms with Crippen LogP contribution in [0.4, 0.5) is 15.0 Å². The van der Waals surface area contributed by atoms with Gasteiger partial charge in [0.05, 0.1) is 15.7 Å². The van der Waals surface area contributed by atoms with Crippen LogP contribution in [0.15, 0.2) is 71.6 Å². The second kappa shape index (κ2) is 9.23. The smallest absolute Gasteiger partial charge is 0.320 e. The zero-order chi connectivity index (χ0) is 19.9. The van der Waals surface area contributed by atoms with Crippen LogP contribution in [0.3, 0.4) is 0 Å². The number of aromatic nitrogens is 1. The number of rotatable bonds is 6. The zero-order valence-corrected chi connectivity index (χ0v) is 16.1. The van der Waals surface area contributed by atoms with E-state index in [0.29, 0.717) is 5.82 Å². The van der Waals surface area contributed by atoms with E-state index in [1.807, 2.05) is 43.3 Å². The molecule has 0 aliphatic carbocycles. The van der Waals surface area contributed by atoms with Crippen molar-refractivity contribution in [2.24, 2.45) is 0 Å². The number of hydrogen-bond donors (Lipinski definition) is 2. The number of carbonyl (C=O) groups excluding carboxylic acids is 1. The molecule has 0 saturated carbocycles. The molecule has 7 heteroatoms. The molecule has 0 aliphatic rings. The molecule has 5 nitrogen and oxygen atoms in total. The Bertz CT molecular complexity index is 996. The van der Waals surface area contributed by atoms with Crippen molar-refractivity contribution < 1.29 is 13.4 Å². The fourth-order valence-corrected chi connectivity index (χ4v) is 3.73. The van der Waals surface area contributed by atoms with Gasteiger partial charge in [0.1, 0.15) is 11.6 Å². The Labute approximate surface area is 165 Å². The molecular weight excluding hydrogens is 377 g/mol. The third kappa shape index (κ3) is 5.01. The quantitative estimate of drug-likeness (QED) is 0.657. The average Bonchev–Trinajstić information content (AvgIpc) is 2.69. The number of anilines is 1. The molecule has 0 radical (unpaired) electrons. The second-order valence-electron chi connectivity index (χ2n) is 6.06. The van der Waals surface area contributed by atoms with Gasteiger partial charge in [-0.3, -0.25) is 9.53 Å². The summed E-state index contributed by atoms with van der Waals surface area (Å²) < 4.78 is 25.7. The molecule has 1 atom stereocenters. The summed E-state index contributed by atoms with van der Waals surface area (Å²) in [7, 11) is -1.52. The molecule has 28 heavy (non-hydrogen) atoms. The standard InChI is InChI=1S/C21H20FN3O2S/c1-15-17(16-7-3-2-4-8-16)11-12-20(24-15)25-21(26)23-13-14-28(27)19-10-6-5-9-18(19)22/h2-12H,13-14H2,1H3,(H2,23,24,25,26). The van der Waals surface area contributed by atoms with E-state index in [9.17, 15) is 13.4 Å². The number of hydrogen-bond acceptors (Lipinski definition) is 3. The largest absolute Gasteiger partial charge is 0.337 e. The highest BCUT2D eigenvalue weighted by Gasteiger charge is 2.10. The lowest BCUT2D eigenvalue weighted by atomic mass is 10.0. The Balaban J connectivity index is 1.53. The number of carbonyl (C=O) groups is 1. The van der Waals surface area contributed by atoms with Crippen LogP contribution in [0.2, 0.25) is 0 Å². The van der Waals surface area contributed by atoms with Crippen LogP contribution in [-0.4, -0.2) is 27.5 Å². The third-order valence-corrected chi connectivity index (χ3v) is 5.46. The fourth-order valence-electron chi connectivity index (χ4n) is 2.71. The third-order valence-electron chi connectivity index (χ3n) is 4.07. The average molecular weight is 397 g/mol. The van der Waals surface area contributed by atoms with Crippen molar-refractivity contribution in [3.8, 4) is 11.1 Å². The van der Waals surface area contributed by atoms with Crippen LogP contribution in [0.1, 0.15) is 5.69 Å². The Morgan fingerprint density at radius 1 is 1.04 bits per heavy atom. The van der Waals surface area contributed by atoms with Crippen molar-refractivity contribution in [1.29, 1.82) is 0 Å². The van der Waals surface area contributed by atoms with Gasteiger partial charge in [0.25, 0.3) is 0 Å². The van der Waals surface area contributed by atoms with E-state index in [1.165, 1.54) is 12.1 Å². The number of aryl methyl sites for hydroxylation is 1. The second-order valence-corrected chi connectivity index (χ2v) is 7.60. The lowest BCUT2D eigenvalue weighted by Gasteiger charge is -2.10. The van der Waals surface area contributed by atoms with Crippen molar-refractivity contribution >= 4 is 22.6 Å². The lowest BCUT2D eigenvalue weighted by molar-refractivity contribution is 0.252. The number of amides is 2. The highest BCUT2D eigenvalue weighted by Crippen LogP contribution is 2.23. The van der Waals surface area contributed by atoms with E-state index in [-0.39, 0.29) is 17.2 Å². The van der Waals surface area contributed by atoms with Gasteiger partial charge in [0.15, 0.2) is 0 Å². The van der Waals surface area contributed by atoms with Gasteiger partial charge in [0.2, 0.25) is 0 Å². The van der Waals surface area contributed by atoms with E-state index in [4.69, 9.17) is 0 Å². The van der Waals surface area contributed by atoms with Crippen molar-refractivity contribution in [1.82, 2.24) is 10.3 Å². The van der Waals surface area contributed by atoms with Crippen molar-refractivity contribution in [2.75, 3.05) is 17.6 Å². The molecule has 2 N–H and O–H groups in total. The summed E-state index contributed by atoms with van der Waals surface area (Å²) in [5.41, 5.74) is 2.84. The van der Waals surface area contributed by atoms with Crippen LogP contribution in [-0.2, 0) is 10.8 Å². The van der Waals surface area contributed by atoms with Gasteiger partial charge in [-0.1, -0.05) is 42.5 Å². The number of halogens is 1. The summed E-state index contributed by atoms with van der Waals surface area (Å²) >= 11 is 0. The first-order chi connectivity index (χ1) is 13.5. The van der Waals surface area contributed by atoms with Gasteiger partial charge >= 0.3 is 6.03 Å². The first-order valence-electron chi connectivity index (χ1n) is 8.75. The van der Waals surface area contributed by atoms with E-state index in [2.05, 4.69) is 15.6 Å². The molecule has 2 amide bonds. The van der Waals surface area contributed by atoms with Gasteiger partial charge in [-0.2, -0.15) is 0 Å². The van der Waals surface area contributed by atoms with Crippen molar-refractivity contribution in [2.45, 2.75) is 11.8 Å². The van der Waals surface area contributed by atoms with Crippen LogP contribution < -0.4 is 10.6 Å². The first-order valence-corrected chi connectivity index (χ1v) is 10.1. The number of pyridine rings is 1. The van der Waals surface area contributed by atoms with Crippen LogP contribution in [0.5, 0.6) is 0 Å². The number of nitrogens with zero attached hydrogens (tertiary/aromatic N) is 1. The molecule has 0 bridgehead atoms. The first kappa shape index (κ1) is 19.7. The van der Waals surface area contributed by atoms with Gasteiger partial charge in [0, 0.05) is 23.6 Å². The van der Waals surface area contributed by atoms with Crippen LogP contribution in [0.25, 0.3) is 11.1 Å². The number of nitrogens with one attached hydrogen (secondary N) is 2. The molecular formula is C21H20FN3O2S. The molecule has 0 fully saturated rings. The SMILES string of the molecule is Cc1nc(NC(=O)NCCS(=O)c2ccccc2F)ccc1-c1ccccc1. The maximum Gasteiger partial charge on any atom is 0.320 e. The summed E-state index contributed by atoms with van der Waals surface area (Å²) in [5.74, 6) is 0.0293. The normalized spacial score (nSPS) is 11.6. The maximum atomic E-state index is 13.6. The Hall–Kier alpha value is -3.06. The fraction of sp³-hybridized carbons (Fsp3) is 0.143. The molecule has 3 rings (SSSR count). The van der Waals surface area contributed by atoms with Gasteiger partial charge < -0.3 is 5.32 Å². The topological polar surface area (TPSA) is 71.1 Å². The molecule has 0 aliphatic heterocycles. The van der Waals surface area contributed by atoms with Gasteiger partial charge in [-0.25, -0.2) is 14.2 Å². The minimum atomic E-state index is -1.52. The predicted octanol–water partition coefficient (Wildman–Crippen LogP) is 4.13. The lowest BCUT2D eigenvalue weighted by Crippen LogP contribution is -2.32. The number of benzene rings is 2. The summed E-state index contributed by atoms with van der Waals surface area (Å²) in [4.78, 5) is 16.6. The van der Waals surface area contributed by atoms with E-state index in [1.54, 1.807) is 18.2 Å². The molecule has 1 unspecified atom stereocenters. The monoisotopic (exact) mass is 397 g/mol. The van der Waals surface area contributed by atoms with Gasteiger partial charge in [-0.15, -0.1) is 0 Å². The summed E-state index contributed by atoms with van der Waals surface area (Å²) in [5, 5.41) is 5.26. The summed E-state index contributed by atoms with van der Waals surface area (Å²) in [6.45, 7) is 2.02. The molecule has 0 saturated heterocycles. The van der Waals surface area contributed by atoms with Crippen molar-refractivity contribution in [3.63, 3.8) is 0 Å². The van der Waals surface area contributed by atoms with E-state index in [0.717, 1.165) is 16.8 Å². The highest BCUT2D eigenvalue weighted by molar-refractivity contribution is 7.85. The molecule has 2 aromatic carbocycles. The Kier molecular flexibility index (Phi) is 6.49.